The Kier molecular flexibility index (Phi) is 4.91. The van der Waals surface area contributed by atoms with Crippen LogP contribution in [-0.2, 0) is 4.79 Å². The molecule has 0 aromatic rings. The van der Waals surface area contributed by atoms with Crippen molar-refractivity contribution in [3.8, 4) is 0 Å². The first-order chi connectivity index (χ1) is 10.0. The zero-order valence-electron chi connectivity index (χ0n) is 12.8. The first kappa shape index (κ1) is 15.9. The molecule has 0 aromatic carbocycles. The third-order valence-corrected chi connectivity index (χ3v) is 4.87. The van der Waals surface area contributed by atoms with Gasteiger partial charge < -0.3 is 15.3 Å². The molecule has 5 nitrogen and oxygen atoms in total. The van der Waals surface area contributed by atoms with Crippen LogP contribution in [0.5, 0.6) is 0 Å². The molecule has 2 fully saturated rings. The first-order valence-electron chi connectivity index (χ1n) is 7.95. The van der Waals surface area contributed by atoms with Gasteiger partial charge in [-0.15, -0.1) is 6.58 Å². The molecule has 0 bridgehead atoms. The predicted octanol–water partition coefficient (Wildman–Crippen LogP) is 2.77. The van der Waals surface area contributed by atoms with Crippen LogP contribution in [0.4, 0.5) is 4.79 Å². The number of carboxylic acids is 1. The molecule has 0 spiro atoms. The number of aliphatic carboxylic acids is 1. The minimum absolute atomic E-state index is 0.251. The van der Waals surface area contributed by atoms with Gasteiger partial charge in [0.25, 0.3) is 0 Å². The van der Waals surface area contributed by atoms with Gasteiger partial charge in [-0.25, -0.2) is 9.59 Å². The number of nitrogens with zero attached hydrogens (tertiary/aromatic N) is 1. The lowest BCUT2D eigenvalue weighted by atomic mass is 9.75. The Labute approximate surface area is 126 Å². The van der Waals surface area contributed by atoms with Gasteiger partial charge in [-0.05, 0) is 44.4 Å². The smallest absolute Gasteiger partial charge is 0.329 e. The van der Waals surface area contributed by atoms with E-state index in [0.717, 1.165) is 32.1 Å². The standard InChI is InChI=1S/C16H26N2O3/c1-3-11-18(13-5-6-13)15(21)17-16(14(19)20)9-7-12(4-2)8-10-16/h3,12-13H,1,4-11H2,2H3,(H,17,21)(H,19,20). The van der Waals surface area contributed by atoms with Crippen molar-refractivity contribution in [3.63, 3.8) is 0 Å². The van der Waals surface area contributed by atoms with Crippen molar-refractivity contribution in [1.29, 1.82) is 0 Å². The molecule has 2 amide bonds. The van der Waals surface area contributed by atoms with Gasteiger partial charge in [0.1, 0.15) is 5.54 Å². The van der Waals surface area contributed by atoms with Crippen LogP contribution in [0.2, 0.25) is 0 Å². The lowest BCUT2D eigenvalue weighted by Crippen LogP contribution is -2.59. The molecule has 2 rings (SSSR count). The van der Waals surface area contributed by atoms with Gasteiger partial charge in [-0.3, -0.25) is 0 Å². The molecule has 0 aliphatic heterocycles. The van der Waals surface area contributed by atoms with E-state index in [1.807, 2.05) is 0 Å². The van der Waals surface area contributed by atoms with Crippen LogP contribution in [0, 0.1) is 5.92 Å². The third kappa shape index (κ3) is 3.57. The van der Waals surface area contributed by atoms with Gasteiger partial charge in [-0.2, -0.15) is 0 Å². The Morgan fingerprint density at radius 1 is 1.33 bits per heavy atom. The normalized spacial score (nSPS) is 28.7. The second-order valence-corrected chi connectivity index (χ2v) is 6.34. The molecule has 0 radical (unpaired) electrons. The number of carbonyl (C=O) groups is 2. The maximum atomic E-state index is 12.4. The Bertz CT molecular complexity index is 410. The molecule has 118 valence electrons. The highest BCUT2D eigenvalue weighted by Gasteiger charge is 2.44. The van der Waals surface area contributed by atoms with E-state index in [1.54, 1.807) is 11.0 Å². The summed E-state index contributed by atoms with van der Waals surface area (Å²) in [6.07, 6.45) is 7.56. The maximum absolute atomic E-state index is 12.4. The van der Waals surface area contributed by atoms with Crippen molar-refractivity contribution >= 4 is 12.0 Å². The lowest BCUT2D eigenvalue weighted by Gasteiger charge is -2.38. The summed E-state index contributed by atoms with van der Waals surface area (Å²) in [5.41, 5.74) is -1.09. The predicted molar refractivity (Wildman–Crippen MR) is 81.1 cm³/mol. The van der Waals surface area contributed by atoms with Crippen LogP contribution in [0.25, 0.3) is 0 Å². The number of carbonyl (C=O) groups excluding carboxylic acids is 1. The summed E-state index contributed by atoms with van der Waals surface area (Å²) in [5.74, 6) is -0.318. The van der Waals surface area contributed by atoms with Crippen molar-refractivity contribution in [3.05, 3.63) is 12.7 Å². The molecule has 0 atom stereocenters. The maximum Gasteiger partial charge on any atom is 0.329 e. The van der Waals surface area contributed by atoms with Gasteiger partial charge in [0.05, 0.1) is 0 Å². The van der Waals surface area contributed by atoms with Gasteiger partial charge in [0.2, 0.25) is 0 Å². The number of hydrogen-bond donors (Lipinski definition) is 2. The summed E-state index contributed by atoms with van der Waals surface area (Å²) in [7, 11) is 0. The fourth-order valence-corrected chi connectivity index (χ4v) is 3.17. The number of hydrogen-bond acceptors (Lipinski definition) is 2. The SMILES string of the molecule is C=CCN(C(=O)NC1(C(=O)O)CCC(CC)CC1)C1CC1. The molecule has 2 aliphatic rings. The number of carboxylic acid groups (broad SMARTS) is 1. The van der Waals surface area contributed by atoms with E-state index in [0.29, 0.717) is 25.3 Å². The van der Waals surface area contributed by atoms with Gasteiger partial charge >= 0.3 is 12.0 Å². The van der Waals surface area contributed by atoms with Gasteiger partial charge in [0, 0.05) is 12.6 Å². The van der Waals surface area contributed by atoms with Crippen molar-refractivity contribution in [2.24, 2.45) is 5.92 Å². The fraction of sp³-hybridized carbons (Fsp3) is 0.750. The molecule has 2 saturated carbocycles. The van der Waals surface area contributed by atoms with Crippen molar-refractivity contribution in [1.82, 2.24) is 10.2 Å². The second kappa shape index (κ2) is 6.50. The minimum Gasteiger partial charge on any atom is -0.480 e. The Morgan fingerprint density at radius 2 is 1.95 bits per heavy atom. The molecule has 0 saturated heterocycles. The van der Waals surface area contributed by atoms with Crippen LogP contribution in [0.1, 0.15) is 51.9 Å². The summed E-state index contributed by atoms with van der Waals surface area (Å²) in [6, 6.07) is -0.00410. The number of rotatable bonds is 6. The van der Waals surface area contributed by atoms with Crippen LogP contribution in [0.3, 0.4) is 0 Å². The van der Waals surface area contributed by atoms with E-state index in [1.165, 1.54) is 0 Å². The van der Waals surface area contributed by atoms with Crippen LogP contribution >= 0.6 is 0 Å². The first-order valence-corrected chi connectivity index (χ1v) is 7.95. The summed E-state index contributed by atoms with van der Waals surface area (Å²) >= 11 is 0. The molecule has 0 aromatic heterocycles. The number of nitrogens with one attached hydrogen (secondary N) is 1. The summed E-state index contributed by atoms with van der Waals surface area (Å²) < 4.78 is 0. The summed E-state index contributed by atoms with van der Waals surface area (Å²) in [5, 5.41) is 12.4. The van der Waals surface area contributed by atoms with Crippen molar-refractivity contribution in [2.45, 2.75) is 63.5 Å². The molecule has 5 heteroatoms. The highest BCUT2D eigenvalue weighted by Crippen LogP contribution is 2.35. The summed E-state index contributed by atoms with van der Waals surface area (Å²) in [4.78, 5) is 25.9. The monoisotopic (exact) mass is 294 g/mol. The number of urea groups is 1. The Balaban J connectivity index is 2.03. The van der Waals surface area contributed by atoms with E-state index in [2.05, 4.69) is 18.8 Å². The van der Waals surface area contributed by atoms with E-state index in [9.17, 15) is 14.7 Å². The third-order valence-electron chi connectivity index (χ3n) is 4.87. The highest BCUT2D eigenvalue weighted by atomic mass is 16.4. The average molecular weight is 294 g/mol. The summed E-state index contributed by atoms with van der Waals surface area (Å²) in [6.45, 7) is 6.29. The molecule has 2 aliphatic carbocycles. The average Bonchev–Trinajstić information content (AvgIpc) is 3.29. The molecule has 2 N–H and O–H groups in total. The molecule has 0 heterocycles. The van der Waals surface area contributed by atoms with Gasteiger partial charge in [-0.1, -0.05) is 19.4 Å². The molecule has 0 unspecified atom stereocenters. The fourth-order valence-electron chi connectivity index (χ4n) is 3.17. The topological polar surface area (TPSA) is 69.6 Å². The van der Waals surface area contributed by atoms with Crippen molar-refractivity contribution in [2.75, 3.05) is 6.54 Å². The Hall–Kier alpha value is -1.52. The van der Waals surface area contributed by atoms with Crippen LogP contribution in [0.15, 0.2) is 12.7 Å². The Morgan fingerprint density at radius 3 is 2.38 bits per heavy atom. The number of amides is 2. The molecular formula is C16H26N2O3. The van der Waals surface area contributed by atoms with E-state index >= 15 is 0 Å². The zero-order valence-corrected chi connectivity index (χ0v) is 12.8. The zero-order chi connectivity index (χ0) is 15.5. The highest BCUT2D eigenvalue weighted by molar-refractivity contribution is 5.86. The lowest BCUT2D eigenvalue weighted by molar-refractivity contribution is -0.146. The minimum atomic E-state index is -1.09. The van der Waals surface area contributed by atoms with E-state index in [4.69, 9.17) is 0 Å². The molecule has 21 heavy (non-hydrogen) atoms. The van der Waals surface area contributed by atoms with E-state index < -0.39 is 11.5 Å². The molecular weight excluding hydrogens is 268 g/mol. The van der Waals surface area contributed by atoms with Crippen LogP contribution < -0.4 is 5.32 Å². The van der Waals surface area contributed by atoms with Gasteiger partial charge in [0.15, 0.2) is 0 Å². The second-order valence-electron chi connectivity index (χ2n) is 6.34. The quantitative estimate of drug-likeness (QED) is 0.740. The largest absolute Gasteiger partial charge is 0.480 e. The van der Waals surface area contributed by atoms with Crippen molar-refractivity contribution < 1.29 is 14.7 Å². The van der Waals surface area contributed by atoms with E-state index in [-0.39, 0.29) is 12.1 Å². The van der Waals surface area contributed by atoms with Crippen LogP contribution in [-0.4, -0.2) is 40.1 Å².